The molecule has 1 aromatic rings. The van der Waals surface area contributed by atoms with Crippen molar-refractivity contribution in [3.8, 4) is 6.07 Å². The molecule has 0 bridgehead atoms. The van der Waals surface area contributed by atoms with Crippen LogP contribution in [-0.4, -0.2) is 13.1 Å². The number of benzene rings is 1. The SMILES string of the molecule is N#Cc1c(F)c(F)c(N2CCCC2)c(F)c1F. The molecule has 1 aliphatic rings. The lowest BCUT2D eigenvalue weighted by molar-refractivity contribution is 0.449. The summed E-state index contributed by atoms with van der Waals surface area (Å²) in [6.07, 6.45) is 1.42. The monoisotopic (exact) mass is 244 g/mol. The summed E-state index contributed by atoms with van der Waals surface area (Å²) >= 11 is 0. The topological polar surface area (TPSA) is 27.0 Å². The van der Waals surface area contributed by atoms with Crippen LogP contribution < -0.4 is 4.90 Å². The van der Waals surface area contributed by atoms with Crippen LogP contribution >= 0.6 is 0 Å². The Morgan fingerprint density at radius 1 is 0.882 bits per heavy atom. The summed E-state index contributed by atoms with van der Waals surface area (Å²) in [6.45, 7) is 0.692. The molecule has 1 heterocycles. The largest absolute Gasteiger partial charge is 0.367 e. The van der Waals surface area contributed by atoms with E-state index in [0.717, 1.165) is 6.07 Å². The van der Waals surface area contributed by atoms with Gasteiger partial charge in [-0.05, 0) is 12.8 Å². The highest BCUT2D eigenvalue weighted by molar-refractivity contribution is 5.54. The van der Waals surface area contributed by atoms with Crippen LogP contribution in [0.4, 0.5) is 23.2 Å². The molecule has 0 aromatic heterocycles. The van der Waals surface area contributed by atoms with E-state index >= 15 is 0 Å². The van der Waals surface area contributed by atoms with Crippen molar-refractivity contribution in [2.75, 3.05) is 18.0 Å². The Labute approximate surface area is 95.1 Å². The molecule has 2 nitrogen and oxygen atoms in total. The van der Waals surface area contributed by atoms with Crippen LogP contribution in [0.3, 0.4) is 0 Å². The molecule has 1 fully saturated rings. The van der Waals surface area contributed by atoms with Crippen molar-refractivity contribution < 1.29 is 17.6 Å². The summed E-state index contributed by atoms with van der Waals surface area (Å²) in [7, 11) is 0. The number of hydrogen-bond donors (Lipinski definition) is 0. The van der Waals surface area contributed by atoms with E-state index < -0.39 is 34.5 Å². The summed E-state index contributed by atoms with van der Waals surface area (Å²) in [6, 6.07) is 1.11. The average molecular weight is 244 g/mol. The predicted molar refractivity (Wildman–Crippen MR) is 52.4 cm³/mol. The second kappa shape index (κ2) is 4.24. The molecule has 90 valence electrons. The first-order chi connectivity index (χ1) is 8.07. The van der Waals surface area contributed by atoms with Crippen LogP contribution in [-0.2, 0) is 0 Å². The van der Waals surface area contributed by atoms with Crippen molar-refractivity contribution in [1.82, 2.24) is 0 Å². The molecule has 0 spiro atoms. The van der Waals surface area contributed by atoms with E-state index in [4.69, 9.17) is 5.26 Å². The van der Waals surface area contributed by atoms with Crippen LogP contribution in [0.2, 0.25) is 0 Å². The number of hydrogen-bond acceptors (Lipinski definition) is 2. The third-order valence-electron chi connectivity index (χ3n) is 2.77. The quantitative estimate of drug-likeness (QED) is 0.561. The Morgan fingerprint density at radius 2 is 1.35 bits per heavy atom. The lowest BCUT2D eigenvalue weighted by Gasteiger charge is -2.19. The number of nitrogens with zero attached hydrogens (tertiary/aromatic N) is 2. The lowest BCUT2D eigenvalue weighted by atomic mass is 10.1. The highest BCUT2D eigenvalue weighted by Gasteiger charge is 2.29. The van der Waals surface area contributed by atoms with E-state index in [-0.39, 0.29) is 0 Å². The molecule has 1 aromatic carbocycles. The third-order valence-corrected chi connectivity index (χ3v) is 2.77. The number of anilines is 1. The van der Waals surface area contributed by atoms with Crippen molar-refractivity contribution in [2.45, 2.75) is 12.8 Å². The van der Waals surface area contributed by atoms with E-state index in [9.17, 15) is 17.6 Å². The van der Waals surface area contributed by atoms with Gasteiger partial charge in [-0.2, -0.15) is 5.26 Å². The van der Waals surface area contributed by atoms with Gasteiger partial charge < -0.3 is 4.90 Å². The maximum atomic E-state index is 13.6. The zero-order chi connectivity index (χ0) is 12.6. The van der Waals surface area contributed by atoms with Gasteiger partial charge in [-0.15, -0.1) is 0 Å². The third kappa shape index (κ3) is 1.71. The fourth-order valence-electron chi connectivity index (χ4n) is 1.94. The van der Waals surface area contributed by atoms with Crippen molar-refractivity contribution in [1.29, 1.82) is 5.26 Å². The molecule has 17 heavy (non-hydrogen) atoms. The van der Waals surface area contributed by atoms with Gasteiger partial charge in [-0.25, -0.2) is 17.6 Å². The zero-order valence-corrected chi connectivity index (χ0v) is 8.73. The van der Waals surface area contributed by atoms with Crippen molar-refractivity contribution >= 4 is 5.69 Å². The van der Waals surface area contributed by atoms with Crippen LogP contribution in [0, 0.1) is 34.6 Å². The van der Waals surface area contributed by atoms with Gasteiger partial charge in [0.05, 0.1) is 0 Å². The van der Waals surface area contributed by atoms with Crippen LogP contribution in [0.1, 0.15) is 18.4 Å². The summed E-state index contributed by atoms with van der Waals surface area (Å²) < 4.78 is 53.8. The molecule has 0 aliphatic carbocycles. The Balaban J connectivity index is 2.64. The Kier molecular flexibility index (Phi) is 2.92. The summed E-state index contributed by atoms with van der Waals surface area (Å²) in [4.78, 5) is 1.25. The van der Waals surface area contributed by atoms with Crippen LogP contribution in [0.25, 0.3) is 0 Å². The molecule has 2 rings (SSSR count). The molecule has 1 saturated heterocycles. The maximum absolute atomic E-state index is 13.6. The van der Waals surface area contributed by atoms with E-state index in [1.807, 2.05) is 0 Å². The van der Waals surface area contributed by atoms with Crippen LogP contribution in [0.15, 0.2) is 0 Å². The second-order valence-electron chi connectivity index (χ2n) is 3.79. The van der Waals surface area contributed by atoms with Gasteiger partial charge in [-0.1, -0.05) is 0 Å². The van der Waals surface area contributed by atoms with Gasteiger partial charge in [0, 0.05) is 13.1 Å². The predicted octanol–water partition coefficient (Wildman–Crippen LogP) is 2.71. The minimum absolute atomic E-state index is 0.346. The van der Waals surface area contributed by atoms with Gasteiger partial charge in [0.25, 0.3) is 0 Å². The number of nitriles is 1. The molecular weight excluding hydrogens is 236 g/mol. The Morgan fingerprint density at radius 3 is 1.76 bits per heavy atom. The molecule has 6 heteroatoms. The lowest BCUT2D eigenvalue weighted by Crippen LogP contribution is -2.22. The fourth-order valence-corrected chi connectivity index (χ4v) is 1.94. The summed E-state index contributed by atoms with van der Waals surface area (Å²) in [5.74, 6) is -6.26. The highest BCUT2D eigenvalue weighted by atomic mass is 19.2. The molecule has 0 radical (unpaired) electrons. The Bertz CT molecular complexity index is 472. The number of halogens is 4. The van der Waals surface area contributed by atoms with Gasteiger partial charge in [0.15, 0.2) is 23.3 Å². The molecule has 0 atom stereocenters. The van der Waals surface area contributed by atoms with E-state index in [1.165, 1.54) is 4.90 Å². The van der Waals surface area contributed by atoms with Gasteiger partial charge in [0.1, 0.15) is 17.3 Å². The smallest absolute Gasteiger partial charge is 0.186 e. The first kappa shape index (κ1) is 11.7. The van der Waals surface area contributed by atoms with E-state index in [2.05, 4.69) is 0 Å². The minimum Gasteiger partial charge on any atom is -0.367 e. The molecule has 0 saturated carbocycles. The summed E-state index contributed by atoms with van der Waals surface area (Å²) in [5.41, 5.74) is -1.93. The summed E-state index contributed by atoms with van der Waals surface area (Å²) in [5, 5.41) is 8.43. The standard InChI is InChI=1S/C11H8F4N2/c12-7-6(5-16)8(13)10(15)11(9(7)14)17-3-1-2-4-17/h1-4H2. The average Bonchev–Trinajstić information content (AvgIpc) is 2.81. The first-order valence-corrected chi connectivity index (χ1v) is 5.09. The van der Waals surface area contributed by atoms with E-state index in [0.29, 0.717) is 25.9 Å². The van der Waals surface area contributed by atoms with Crippen molar-refractivity contribution in [3.05, 3.63) is 28.8 Å². The normalized spacial score (nSPS) is 15.1. The molecule has 1 aliphatic heterocycles. The minimum atomic E-state index is -1.63. The van der Waals surface area contributed by atoms with Gasteiger partial charge in [0.2, 0.25) is 0 Å². The Hall–Kier alpha value is -1.77. The molecule has 0 N–H and O–H groups in total. The number of rotatable bonds is 1. The maximum Gasteiger partial charge on any atom is 0.186 e. The van der Waals surface area contributed by atoms with Crippen LogP contribution in [0.5, 0.6) is 0 Å². The van der Waals surface area contributed by atoms with E-state index in [1.54, 1.807) is 0 Å². The first-order valence-electron chi connectivity index (χ1n) is 5.09. The molecule has 0 amide bonds. The molecular formula is C11H8F4N2. The second-order valence-corrected chi connectivity index (χ2v) is 3.79. The zero-order valence-electron chi connectivity index (χ0n) is 8.73. The van der Waals surface area contributed by atoms with Gasteiger partial charge in [-0.3, -0.25) is 0 Å². The highest BCUT2D eigenvalue weighted by Crippen LogP contribution is 2.32. The molecule has 0 unspecified atom stereocenters. The van der Waals surface area contributed by atoms with Gasteiger partial charge >= 0.3 is 0 Å². The van der Waals surface area contributed by atoms with Crippen molar-refractivity contribution in [2.24, 2.45) is 0 Å². The fraction of sp³-hybridized carbons (Fsp3) is 0.364. The van der Waals surface area contributed by atoms with Crippen molar-refractivity contribution in [3.63, 3.8) is 0 Å².